The van der Waals surface area contributed by atoms with E-state index in [2.05, 4.69) is 0 Å². The number of benzene rings is 1. The van der Waals surface area contributed by atoms with Crippen LogP contribution in [0.1, 0.15) is 22.8 Å². The molecule has 0 bridgehead atoms. The van der Waals surface area contributed by atoms with E-state index in [1.165, 1.54) is 12.1 Å². The van der Waals surface area contributed by atoms with E-state index in [0.29, 0.717) is 11.1 Å². The molecule has 0 radical (unpaired) electrons. The zero-order chi connectivity index (χ0) is 12.5. The number of rotatable bonds is 3. The second-order valence-corrected chi connectivity index (χ2v) is 3.49. The lowest BCUT2D eigenvalue weighted by molar-refractivity contribution is -0.386. The SMILES string of the molecule is Cc1cc(C(O)C(=O)O)c([N+](=O)[O-])cc1C. The lowest BCUT2D eigenvalue weighted by Crippen LogP contribution is -2.13. The molecule has 0 saturated carbocycles. The van der Waals surface area contributed by atoms with E-state index in [0.717, 1.165) is 0 Å². The van der Waals surface area contributed by atoms with Crippen molar-refractivity contribution in [1.82, 2.24) is 0 Å². The fourth-order valence-electron chi connectivity index (χ4n) is 1.33. The van der Waals surface area contributed by atoms with Crippen LogP contribution in [0, 0.1) is 24.0 Å². The summed E-state index contributed by atoms with van der Waals surface area (Å²) in [6.07, 6.45) is -1.88. The average molecular weight is 225 g/mol. The number of hydrogen-bond donors (Lipinski definition) is 2. The van der Waals surface area contributed by atoms with Crippen molar-refractivity contribution in [3.8, 4) is 0 Å². The van der Waals surface area contributed by atoms with Gasteiger partial charge in [-0.25, -0.2) is 4.79 Å². The summed E-state index contributed by atoms with van der Waals surface area (Å²) in [4.78, 5) is 20.6. The molecule has 0 aromatic heterocycles. The average Bonchev–Trinajstić information content (AvgIpc) is 2.19. The Hall–Kier alpha value is -1.95. The van der Waals surface area contributed by atoms with Crippen molar-refractivity contribution < 1.29 is 19.9 Å². The first-order valence-corrected chi connectivity index (χ1v) is 4.51. The number of aliphatic carboxylic acids is 1. The monoisotopic (exact) mass is 225 g/mol. The number of carboxylic acid groups (broad SMARTS) is 1. The predicted molar refractivity (Wildman–Crippen MR) is 55.2 cm³/mol. The van der Waals surface area contributed by atoms with Gasteiger partial charge in [0.15, 0.2) is 6.10 Å². The Bertz CT molecular complexity index is 455. The van der Waals surface area contributed by atoms with E-state index < -0.39 is 17.0 Å². The van der Waals surface area contributed by atoms with Gasteiger partial charge in [-0.3, -0.25) is 10.1 Å². The van der Waals surface area contributed by atoms with Crippen LogP contribution in [-0.2, 0) is 4.79 Å². The van der Waals surface area contributed by atoms with Crippen LogP contribution >= 0.6 is 0 Å². The first kappa shape index (κ1) is 12.1. The molecule has 1 unspecified atom stereocenters. The maximum atomic E-state index is 10.7. The molecule has 0 saturated heterocycles. The fraction of sp³-hybridized carbons (Fsp3) is 0.300. The zero-order valence-electron chi connectivity index (χ0n) is 8.80. The molecule has 86 valence electrons. The third kappa shape index (κ3) is 2.17. The fourth-order valence-corrected chi connectivity index (χ4v) is 1.33. The second kappa shape index (κ2) is 4.28. The van der Waals surface area contributed by atoms with E-state index in [4.69, 9.17) is 5.11 Å². The maximum absolute atomic E-state index is 10.7. The summed E-state index contributed by atoms with van der Waals surface area (Å²) in [5.74, 6) is -1.51. The van der Waals surface area contributed by atoms with Crippen LogP contribution < -0.4 is 0 Å². The molecular formula is C10H11NO5. The van der Waals surface area contributed by atoms with Crippen molar-refractivity contribution in [2.75, 3.05) is 0 Å². The van der Waals surface area contributed by atoms with Crippen molar-refractivity contribution in [1.29, 1.82) is 0 Å². The lowest BCUT2D eigenvalue weighted by atomic mass is 10.0. The molecule has 6 nitrogen and oxygen atoms in total. The van der Waals surface area contributed by atoms with Crippen LogP contribution in [0.4, 0.5) is 5.69 Å². The van der Waals surface area contributed by atoms with E-state index in [-0.39, 0.29) is 11.3 Å². The number of aliphatic hydroxyl groups is 1. The molecule has 0 fully saturated rings. The molecule has 6 heteroatoms. The van der Waals surface area contributed by atoms with Gasteiger partial charge in [-0.1, -0.05) is 0 Å². The molecule has 0 heterocycles. The van der Waals surface area contributed by atoms with Crippen LogP contribution in [0.5, 0.6) is 0 Å². The zero-order valence-corrected chi connectivity index (χ0v) is 8.80. The number of aryl methyl sites for hydroxylation is 2. The number of aliphatic hydroxyl groups excluding tert-OH is 1. The molecule has 0 aliphatic rings. The molecule has 1 rings (SSSR count). The van der Waals surface area contributed by atoms with Gasteiger partial charge < -0.3 is 10.2 Å². The van der Waals surface area contributed by atoms with E-state index in [1.807, 2.05) is 0 Å². The standard InChI is InChI=1S/C10H11NO5/c1-5-3-7(9(12)10(13)14)8(11(15)16)4-6(5)2/h3-4,9,12H,1-2H3,(H,13,14). The number of hydrogen-bond acceptors (Lipinski definition) is 4. The Morgan fingerprint density at radius 3 is 2.31 bits per heavy atom. The van der Waals surface area contributed by atoms with Crippen molar-refractivity contribution >= 4 is 11.7 Å². The lowest BCUT2D eigenvalue weighted by Gasteiger charge is -2.09. The van der Waals surface area contributed by atoms with Crippen LogP contribution in [0.25, 0.3) is 0 Å². The smallest absolute Gasteiger partial charge is 0.337 e. The minimum atomic E-state index is -1.88. The highest BCUT2D eigenvalue weighted by Crippen LogP contribution is 2.28. The Kier molecular flexibility index (Phi) is 3.24. The molecule has 1 atom stereocenters. The number of carboxylic acids is 1. The third-order valence-electron chi connectivity index (χ3n) is 2.37. The summed E-state index contributed by atoms with van der Waals surface area (Å²) >= 11 is 0. The maximum Gasteiger partial charge on any atom is 0.337 e. The summed E-state index contributed by atoms with van der Waals surface area (Å²) in [7, 11) is 0. The van der Waals surface area contributed by atoms with Crippen molar-refractivity contribution in [3.05, 3.63) is 38.9 Å². The van der Waals surface area contributed by atoms with Crippen molar-refractivity contribution in [3.63, 3.8) is 0 Å². The number of nitrogens with zero attached hydrogens (tertiary/aromatic N) is 1. The third-order valence-corrected chi connectivity index (χ3v) is 2.37. The van der Waals surface area contributed by atoms with Crippen molar-refractivity contribution in [2.45, 2.75) is 20.0 Å². The molecule has 0 aliphatic carbocycles. The summed E-state index contributed by atoms with van der Waals surface area (Å²) in [5, 5.41) is 28.7. The van der Waals surface area contributed by atoms with Gasteiger partial charge in [0, 0.05) is 6.07 Å². The van der Waals surface area contributed by atoms with Gasteiger partial charge in [0.1, 0.15) is 0 Å². The van der Waals surface area contributed by atoms with Gasteiger partial charge in [-0.05, 0) is 31.0 Å². The molecule has 1 aromatic carbocycles. The van der Waals surface area contributed by atoms with Crippen LogP contribution in [0.15, 0.2) is 12.1 Å². The molecule has 1 aromatic rings. The molecule has 2 N–H and O–H groups in total. The topological polar surface area (TPSA) is 101 Å². The second-order valence-electron chi connectivity index (χ2n) is 3.49. The van der Waals surface area contributed by atoms with E-state index in [1.54, 1.807) is 13.8 Å². The van der Waals surface area contributed by atoms with Gasteiger partial charge in [0.25, 0.3) is 5.69 Å². The predicted octanol–water partition coefficient (Wildman–Crippen LogP) is 1.33. The van der Waals surface area contributed by atoms with Crippen LogP contribution in [0.2, 0.25) is 0 Å². The van der Waals surface area contributed by atoms with Crippen LogP contribution in [-0.4, -0.2) is 21.1 Å². The highest BCUT2D eigenvalue weighted by atomic mass is 16.6. The first-order chi connectivity index (χ1) is 7.34. The van der Waals surface area contributed by atoms with Gasteiger partial charge in [0.2, 0.25) is 0 Å². The molecule has 0 spiro atoms. The van der Waals surface area contributed by atoms with E-state index in [9.17, 15) is 20.0 Å². The minimum Gasteiger partial charge on any atom is -0.479 e. The largest absolute Gasteiger partial charge is 0.479 e. The van der Waals surface area contributed by atoms with Gasteiger partial charge >= 0.3 is 5.97 Å². The Balaban J connectivity index is 3.41. The molecule has 0 aliphatic heterocycles. The van der Waals surface area contributed by atoms with Gasteiger partial charge in [0.05, 0.1) is 10.5 Å². The number of nitro benzene ring substituents is 1. The normalized spacial score (nSPS) is 12.2. The molecule has 16 heavy (non-hydrogen) atoms. The van der Waals surface area contributed by atoms with Gasteiger partial charge in [-0.2, -0.15) is 0 Å². The quantitative estimate of drug-likeness (QED) is 0.597. The highest BCUT2D eigenvalue weighted by Gasteiger charge is 2.26. The highest BCUT2D eigenvalue weighted by molar-refractivity contribution is 5.76. The number of carbonyl (C=O) groups is 1. The van der Waals surface area contributed by atoms with Crippen molar-refractivity contribution in [2.24, 2.45) is 0 Å². The van der Waals surface area contributed by atoms with E-state index >= 15 is 0 Å². The first-order valence-electron chi connectivity index (χ1n) is 4.51. The minimum absolute atomic E-state index is 0.194. The summed E-state index contributed by atoms with van der Waals surface area (Å²) in [5.41, 5.74) is 0.799. The number of nitro groups is 1. The Morgan fingerprint density at radius 2 is 1.88 bits per heavy atom. The summed E-state index contributed by atoms with van der Waals surface area (Å²) in [6.45, 7) is 3.37. The summed E-state index contributed by atoms with van der Waals surface area (Å²) < 4.78 is 0. The Morgan fingerprint density at radius 1 is 1.38 bits per heavy atom. The van der Waals surface area contributed by atoms with Gasteiger partial charge in [-0.15, -0.1) is 0 Å². The molecular weight excluding hydrogens is 214 g/mol. The Labute approximate surface area is 91.3 Å². The van der Waals surface area contributed by atoms with Crippen LogP contribution in [0.3, 0.4) is 0 Å². The molecule has 0 amide bonds. The summed E-state index contributed by atoms with van der Waals surface area (Å²) in [6, 6.07) is 2.59.